The Labute approximate surface area is 149 Å². The Kier molecular flexibility index (Phi) is 7.44. The largest absolute Gasteiger partial charge is 0.444 e. The molecule has 1 aliphatic heterocycles. The number of aliphatic hydroxyl groups is 1. The van der Waals surface area contributed by atoms with Crippen molar-refractivity contribution in [2.75, 3.05) is 13.1 Å². The van der Waals surface area contributed by atoms with Gasteiger partial charge in [-0.1, -0.05) is 6.08 Å². The number of piperidine rings is 1. The molecule has 0 unspecified atom stereocenters. The van der Waals surface area contributed by atoms with Crippen LogP contribution in [0.15, 0.2) is 12.2 Å². The van der Waals surface area contributed by atoms with E-state index in [0.29, 0.717) is 13.1 Å². The van der Waals surface area contributed by atoms with Crippen LogP contribution in [0.3, 0.4) is 0 Å². The molecule has 1 N–H and O–H groups in total. The molecule has 0 aromatic heterocycles. The fraction of sp³-hybridized carbons (Fsp3) is 0.778. The topological polar surface area (TPSA) is 85.3 Å². The van der Waals surface area contributed by atoms with Crippen LogP contribution in [0.1, 0.15) is 54.4 Å². The molecule has 1 saturated heterocycles. The zero-order valence-corrected chi connectivity index (χ0v) is 16.1. The summed E-state index contributed by atoms with van der Waals surface area (Å²) in [5.74, 6) is -0.665. The van der Waals surface area contributed by atoms with Crippen LogP contribution in [0.5, 0.6) is 0 Å². The first-order chi connectivity index (χ1) is 11.4. The van der Waals surface area contributed by atoms with Gasteiger partial charge in [0, 0.05) is 13.1 Å². The van der Waals surface area contributed by atoms with Crippen LogP contribution in [0.2, 0.25) is 0 Å². The van der Waals surface area contributed by atoms with E-state index in [0.717, 1.165) is 12.8 Å². The smallest absolute Gasteiger partial charge is 0.410 e. The molecule has 7 nitrogen and oxygen atoms in total. The number of hydrogen-bond donors (Lipinski definition) is 1. The van der Waals surface area contributed by atoms with Crippen LogP contribution in [0, 0.1) is 5.92 Å². The second-order valence-corrected chi connectivity index (χ2v) is 8.23. The van der Waals surface area contributed by atoms with Gasteiger partial charge in [-0.15, -0.1) is 0 Å². The molecular weight excluding hydrogens is 326 g/mol. The standard InChI is InChI=1S/C18H31NO6/c1-17(2,3)23-16(22)19-11-9-13(10-12-19)7-8-14(20)15(21)24-25-18(4,5)6/h7-8,13-14,20H,9-12H2,1-6H3/b8-7+/t14-/m0/s1. The molecule has 0 bridgehead atoms. The van der Waals surface area contributed by atoms with Crippen LogP contribution >= 0.6 is 0 Å². The summed E-state index contributed by atoms with van der Waals surface area (Å²) in [6, 6.07) is 0. The average molecular weight is 357 g/mol. The van der Waals surface area contributed by atoms with Crippen LogP contribution in [-0.2, 0) is 19.3 Å². The Morgan fingerprint density at radius 3 is 2.12 bits per heavy atom. The summed E-state index contributed by atoms with van der Waals surface area (Å²) in [5, 5.41) is 9.79. The Morgan fingerprint density at radius 1 is 1.08 bits per heavy atom. The zero-order valence-electron chi connectivity index (χ0n) is 16.1. The summed E-state index contributed by atoms with van der Waals surface area (Å²) in [4.78, 5) is 34.8. The van der Waals surface area contributed by atoms with Gasteiger partial charge in [0.2, 0.25) is 0 Å². The fourth-order valence-corrected chi connectivity index (χ4v) is 2.16. The van der Waals surface area contributed by atoms with Gasteiger partial charge in [0.15, 0.2) is 6.10 Å². The van der Waals surface area contributed by atoms with E-state index in [4.69, 9.17) is 9.62 Å². The summed E-state index contributed by atoms with van der Waals surface area (Å²) in [5.41, 5.74) is -1.14. The van der Waals surface area contributed by atoms with E-state index in [1.54, 1.807) is 31.7 Å². The van der Waals surface area contributed by atoms with Crippen LogP contribution in [0.4, 0.5) is 4.79 Å². The maximum Gasteiger partial charge on any atom is 0.410 e. The highest BCUT2D eigenvalue weighted by atomic mass is 17.2. The lowest BCUT2D eigenvalue weighted by Crippen LogP contribution is -2.41. The molecule has 0 radical (unpaired) electrons. The van der Waals surface area contributed by atoms with Crippen molar-refractivity contribution >= 4 is 12.1 Å². The summed E-state index contributed by atoms with van der Waals surface area (Å²) in [6.45, 7) is 11.9. The minimum absolute atomic E-state index is 0.185. The van der Waals surface area contributed by atoms with Crippen molar-refractivity contribution in [3.05, 3.63) is 12.2 Å². The second kappa shape index (κ2) is 8.67. The SMILES string of the molecule is CC(C)(C)OOC(=O)[C@@H](O)/C=C/C1CCN(C(=O)OC(C)(C)C)CC1. The highest BCUT2D eigenvalue weighted by molar-refractivity contribution is 5.75. The minimum Gasteiger partial charge on any atom is -0.444 e. The van der Waals surface area contributed by atoms with Gasteiger partial charge < -0.3 is 14.7 Å². The number of hydrogen-bond acceptors (Lipinski definition) is 6. The predicted octanol–water partition coefficient (Wildman–Crippen LogP) is 2.82. The molecule has 1 amide bonds. The minimum atomic E-state index is -1.37. The van der Waals surface area contributed by atoms with Gasteiger partial charge in [0.05, 0.1) is 0 Å². The van der Waals surface area contributed by atoms with E-state index in [1.807, 2.05) is 20.8 Å². The second-order valence-electron chi connectivity index (χ2n) is 8.23. The van der Waals surface area contributed by atoms with Gasteiger partial charge in [-0.25, -0.2) is 9.59 Å². The number of carbonyl (C=O) groups is 2. The number of carbonyl (C=O) groups excluding carboxylic acids is 2. The molecule has 1 rings (SSSR count). The number of nitrogens with zero attached hydrogens (tertiary/aromatic N) is 1. The summed E-state index contributed by atoms with van der Waals surface area (Å²) in [6.07, 6.45) is 3.01. The Morgan fingerprint density at radius 2 is 1.64 bits per heavy atom. The highest BCUT2D eigenvalue weighted by Crippen LogP contribution is 2.21. The average Bonchev–Trinajstić information content (AvgIpc) is 2.48. The molecule has 7 heteroatoms. The van der Waals surface area contributed by atoms with Crippen LogP contribution in [-0.4, -0.2) is 52.5 Å². The zero-order chi connectivity index (χ0) is 19.3. The lowest BCUT2D eigenvalue weighted by Gasteiger charge is -2.32. The monoisotopic (exact) mass is 357 g/mol. The Balaban J connectivity index is 2.39. The molecule has 0 aromatic rings. The van der Waals surface area contributed by atoms with Crippen molar-refractivity contribution in [3.8, 4) is 0 Å². The lowest BCUT2D eigenvalue weighted by atomic mass is 9.96. The van der Waals surface area contributed by atoms with E-state index in [1.165, 1.54) is 6.08 Å². The van der Waals surface area contributed by atoms with Crippen molar-refractivity contribution < 1.29 is 29.2 Å². The molecule has 0 aromatic carbocycles. The van der Waals surface area contributed by atoms with E-state index >= 15 is 0 Å². The number of amides is 1. The molecule has 0 aliphatic carbocycles. The highest BCUT2D eigenvalue weighted by Gasteiger charge is 2.26. The molecule has 1 heterocycles. The third kappa shape index (κ3) is 8.88. The first kappa shape index (κ1) is 21.4. The third-order valence-electron chi connectivity index (χ3n) is 3.37. The van der Waals surface area contributed by atoms with Gasteiger partial charge >= 0.3 is 12.1 Å². The maximum atomic E-state index is 12.0. The molecule has 0 spiro atoms. The molecule has 0 saturated carbocycles. The molecule has 1 atom stereocenters. The van der Waals surface area contributed by atoms with E-state index in [9.17, 15) is 14.7 Å². The number of rotatable bonds is 4. The maximum absolute atomic E-state index is 12.0. The molecule has 1 aliphatic rings. The van der Waals surface area contributed by atoms with E-state index < -0.39 is 23.3 Å². The molecule has 1 fully saturated rings. The van der Waals surface area contributed by atoms with Gasteiger partial charge in [-0.2, -0.15) is 4.89 Å². The predicted molar refractivity (Wildman–Crippen MR) is 92.6 cm³/mol. The van der Waals surface area contributed by atoms with Crippen LogP contribution < -0.4 is 0 Å². The number of allylic oxidation sites excluding steroid dienone is 1. The van der Waals surface area contributed by atoms with E-state index in [-0.39, 0.29) is 12.0 Å². The van der Waals surface area contributed by atoms with Gasteiger partial charge in [0.25, 0.3) is 0 Å². The van der Waals surface area contributed by atoms with Crippen molar-refractivity contribution in [2.24, 2.45) is 5.92 Å². The molecule has 25 heavy (non-hydrogen) atoms. The van der Waals surface area contributed by atoms with Crippen molar-refractivity contribution in [2.45, 2.75) is 71.7 Å². The van der Waals surface area contributed by atoms with Crippen molar-refractivity contribution in [1.82, 2.24) is 4.90 Å². The summed E-state index contributed by atoms with van der Waals surface area (Å²) < 4.78 is 5.35. The van der Waals surface area contributed by atoms with Crippen LogP contribution in [0.25, 0.3) is 0 Å². The van der Waals surface area contributed by atoms with E-state index in [2.05, 4.69) is 4.89 Å². The Bertz CT molecular complexity index is 481. The lowest BCUT2D eigenvalue weighted by molar-refractivity contribution is -0.323. The number of ether oxygens (including phenoxy) is 1. The van der Waals surface area contributed by atoms with Gasteiger partial charge in [0.1, 0.15) is 11.2 Å². The molecule has 144 valence electrons. The first-order valence-electron chi connectivity index (χ1n) is 8.61. The summed E-state index contributed by atoms with van der Waals surface area (Å²) >= 11 is 0. The van der Waals surface area contributed by atoms with Crippen molar-refractivity contribution in [3.63, 3.8) is 0 Å². The van der Waals surface area contributed by atoms with Gasteiger partial charge in [-0.05, 0) is 66.4 Å². The first-order valence-corrected chi connectivity index (χ1v) is 8.61. The Hall–Kier alpha value is -1.60. The van der Waals surface area contributed by atoms with Crippen molar-refractivity contribution in [1.29, 1.82) is 0 Å². The quantitative estimate of drug-likeness (QED) is 0.473. The normalized spacial score (nSPS) is 18.3. The third-order valence-corrected chi connectivity index (χ3v) is 3.37. The molecular formula is C18H31NO6. The fourth-order valence-electron chi connectivity index (χ4n) is 2.16. The number of aliphatic hydroxyl groups excluding tert-OH is 1. The van der Waals surface area contributed by atoms with Gasteiger partial charge in [-0.3, -0.25) is 4.89 Å². The summed E-state index contributed by atoms with van der Waals surface area (Å²) in [7, 11) is 0. The number of likely N-dealkylation sites (tertiary alicyclic amines) is 1.